The first kappa shape index (κ1) is 23.3. The van der Waals surface area contributed by atoms with Crippen molar-refractivity contribution in [1.82, 2.24) is 10.3 Å². The fraction of sp³-hybridized carbons (Fsp3) is 0.200. The van der Waals surface area contributed by atoms with Crippen molar-refractivity contribution in [1.29, 1.82) is 0 Å². The van der Waals surface area contributed by atoms with E-state index in [4.69, 9.17) is 9.52 Å². The number of aromatic nitrogens is 1. The highest BCUT2D eigenvalue weighted by atomic mass is 19.4. The van der Waals surface area contributed by atoms with Gasteiger partial charge >= 0.3 is 18.2 Å². The summed E-state index contributed by atoms with van der Waals surface area (Å²) in [6.45, 7) is 0.790. The number of aliphatic carboxylic acids is 1. The first-order valence-electron chi connectivity index (χ1n) is 10.5. The van der Waals surface area contributed by atoms with Crippen LogP contribution < -0.4 is 10.2 Å². The van der Waals surface area contributed by atoms with Gasteiger partial charge in [0.25, 0.3) is 0 Å². The Kier molecular flexibility index (Phi) is 6.56. The molecule has 0 saturated heterocycles. The molecule has 0 aliphatic rings. The van der Waals surface area contributed by atoms with Gasteiger partial charge in [-0.05, 0) is 41.0 Å². The van der Waals surface area contributed by atoms with Gasteiger partial charge in [0.05, 0.1) is 12.0 Å². The zero-order chi connectivity index (χ0) is 24.3. The molecule has 1 heterocycles. The molecule has 4 rings (SSSR count). The Morgan fingerprint density at radius 1 is 1.09 bits per heavy atom. The van der Waals surface area contributed by atoms with Crippen LogP contribution in [0, 0.1) is 0 Å². The van der Waals surface area contributed by atoms with Crippen molar-refractivity contribution >= 4 is 28.8 Å². The van der Waals surface area contributed by atoms with Gasteiger partial charge in [-0.3, -0.25) is 9.69 Å². The minimum Gasteiger partial charge on any atom is -0.481 e. The predicted octanol–water partition coefficient (Wildman–Crippen LogP) is 5.85. The molecule has 6 nitrogen and oxygen atoms in total. The normalized spacial score (nSPS) is 11.6. The Hall–Kier alpha value is -3.85. The number of anilines is 2. The quantitative estimate of drug-likeness (QED) is 0.316. The number of fused-ring (bicyclic) bond motifs is 1. The van der Waals surface area contributed by atoms with Crippen LogP contribution in [0.5, 0.6) is 0 Å². The van der Waals surface area contributed by atoms with Crippen LogP contribution in [-0.4, -0.2) is 29.7 Å². The van der Waals surface area contributed by atoms with Gasteiger partial charge in [-0.2, -0.15) is 18.2 Å². The van der Waals surface area contributed by atoms with Crippen LogP contribution in [0.3, 0.4) is 0 Å². The minimum absolute atomic E-state index is 0.0180. The number of carbonyl (C=O) groups is 1. The average molecular weight is 469 g/mol. The molecule has 176 valence electrons. The van der Waals surface area contributed by atoms with Crippen LogP contribution in [0.25, 0.3) is 22.2 Å². The lowest BCUT2D eigenvalue weighted by molar-refractivity contribution is -0.137. The van der Waals surface area contributed by atoms with Crippen molar-refractivity contribution in [3.63, 3.8) is 0 Å². The van der Waals surface area contributed by atoms with Gasteiger partial charge in [-0.1, -0.05) is 42.5 Å². The maximum atomic E-state index is 13.9. The van der Waals surface area contributed by atoms with E-state index in [0.29, 0.717) is 29.8 Å². The van der Waals surface area contributed by atoms with E-state index in [9.17, 15) is 18.0 Å². The average Bonchev–Trinajstić information content (AvgIpc) is 3.24. The molecular formula is C25H22F3N3O3. The minimum atomic E-state index is -4.54. The first-order chi connectivity index (χ1) is 16.2. The van der Waals surface area contributed by atoms with Crippen LogP contribution in [0.1, 0.15) is 17.5 Å². The smallest absolute Gasteiger partial charge is 0.417 e. The van der Waals surface area contributed by atoms with Crippen molar-refractivity contribution in [3.8, 4) is 11.1 Å². The lowest BCUT2D eigenvalue weighted by atomic mass is 9.98. The highest BCUT2D eigenvalue weighted by molar-refractivity contribution is 5.77. The number of oxazole rings is 1. The molecule has 0 fully saturated rings. The van der Waals surface area contributed by atoms with E-state index in [1.54, 1.807) is 55.6 Å². The summed E-state index contributed by atoms with van der Waals surface area (Å²) < 4.78 is 47.4. The van der Waals surface area contributed by atoms with Crippen molar-refractivity contribution in [2.75, 3.05) is 18.5 Å². The van der Waals surface area contributed by atoms with E-state index >= 15 is 0 Å². The summed E-state index contributed by atoms with van der Waals surface area (Å²) in [4.78, 5) is 16.5. The molecule has 0 unspecified atom stereocenters. The molecule has 34 heavy (non-hydrogen) atoms. The number of hydrogen-bond donors (Lipinski definition) is 2. The van der Waals surface area contributed by atoms with E-state index in [1.165, 1.54) is 11.0 Å². The predicted molar refractivity (Wildman–Crippen MR) is 123 cm³/mol. The van der Waals surface area contributed by atoms with E-state index in [0.717, 1.165) is 11.6 Å². The molecule has 0 spiro atoms. The molecule has 3 aromatic carbocycles. The second-order valence-electron chi connectivity index (χ2n) is 7.77. The van der Waals surface area contributed by atoms with Crippen LogP contribution in [0.2, 0.25) is 0 Å². The maximum Gasteiger partial charge on any atom is 0.417 e. The number of nitrogens with zero attached hydrogens (tertiary/aromatic N) is 2. The van der Waals surface area contributed by atoms with Crippen LogP contribution >= 0.6 is 0 Å². The molecule has 0 saturated carbocycles. The number of benzene rings is 3. The third-order valence-corrected chi connectivity index (χ3v) is 5.35. The second kappa shape index (κ2) is 9.56. The Morgan fingerprint density at radius 3 is 2.56 bits per heavy atom. The van der Waals surface area contributed by atoms with Gasteiger partial charge in [0.1, 0.15) is 5.52 Å². The Bertz CT molecular complexity index is 1300. The molecule has 0 bridgehead atoms. The molecule has 2 N–H and O–H groups in total. The fourth-order valence-corrected chi connectivity index (χ4v) is 3.60. The molecular weight excluding hydrogens is 447 g/mol. The van der Waals surface area contributed by atoms with Gasteiger partial charge in [0.15, 0.2) is 5.58 Å². The third-order valence-electron chi connectivity index (χ3n) is 5.35. The molecule has 0 aliphatic carbocycles. The van der Waals surface area contributed by atoms with Gasteiger partial charge in [0.2, 0.25) is 0 Å². The summed E-state index contributed by atoms with van der Waals surface area (Å²) in [6, 6.07) is 18.1. The van der Waals surface area contributed by atoms with Gasteiger partial charge in [0, 0.05) is 25.8 Å². The van der Waals surface area contributed by atoms with Gasteiger partial charge in [-0.15, -0.1) is 0 Å². The maximum absolute atomic E-state index is 13.9. The van der Waals surface area contributed by atoms with Crippen LogP contribution in [0.4, 0.5) is 24.9 Å². The summed E-state index contributed by atoms with van der Waals surface area (Å²) in [5.74, 6) is -0.877. The molecule has 0 amide bonds. The molecule has 9 heteroatoms. The summed E-state index contributed by atoms with van der Waals surface area (Å²) in [7, 11) is 1.59. The van der Waals surface area contributed by atoms with Gasteiger partial charge < -0.3 is 14.8 Å². The molecule has 0 atom stereocenters. The Labute approximate surface area is 193 Å². The first-order valence-corrected chi connectivity index (χ1v) is 10.5. The van der Waals surface area contributed by atoms with Crippen LogP contribution in [-0.2, 0) is 17.5 Å². The van der Waals surface area contributed by atoms with E-state index in [1.807, 2.05) is 6.07 Å². The van der Waals surface area contributed by atoms with Crippen molar-refractivity contribution < 1.29 is 27.5 Å². The van der Waals surface area contributed by atoms with Gasteiger partial charge in [-0.25, -0.2) is 0 Å². The standard InChI is InChI=1S/C25H22F3N3O3/c1-31(18-8-9-19(17-5-3-2-4-6-17)20(14-18)25(26,27)28)24-30-21-13-16(7-10-22(21)34-24)15-29-12-11-23(32)33/h2-10,13-14,29H,11-12,15H2,1H3,(H,32,33). The monoisotopic (exact) mass is 469 g/mol. The summed E-state index contributed by atoms with van der Waals surface area (Å²) in [5, 5.41) is 11.7. The summed E-state index contributed by atoms with van der Waals surface area (Å²) >= 11 is 0. The van der Waals surface area contributed by atoms with Crippen molar-refractivity contribution in [2.24, 2.45) is 0 Å². The topological polar surface area (TPSA) is 78.6 Å². The number of nitrogens with one attached hydrogen (secondary N) is 1. The summed E-state index contributed by atoms with van der Waals surface area (Å²) in [6.07, 6.45) is -4.52. The van der Waals surface area contributed by atoms with Crippen molar-refractivity contribution in [2.45, 2.75) is 19.1 Å². The zero-order valence-corrected chi connectivity index (χ0v) is 18.3. The largest absolute Gasteiger partial charge is 0.481 e. The SMILES string of the molecule is CN(c1ccc(-c2ccccc2)c(C(F)(F)F)c1)c1nc2cc(CNCCC(=O)O)ccc2o1. The number of rotatable bonds is 8. The Balaban J connectivity index is 1.60. The van der Waals surface area contributed by atoms with E-state index in [-0.39, 0.29) is 23.7 Å². The van der Waals surface area contributed by atoms with Crippen LogP contribution in [0.15, 0.2) is 71.1 Å². The second-order valence-corrected chi connectivity index (χ2v) is 7.77. The number of alkyl halides is 3. The number of hydrogen-bond acceptors (Lipinski definition) is 5. The Morgan fingerprint density at radius 2 is 1.85 bits per heavy atom. The number of carboxylic acid groups (broad SMARTS) is 1. The zero-order valence-electron chi connectivity index (χ0n) is 18.3. The number of halogens is 3. The van der Waals surface area contributed by atoms with E-state index < -0.39 is 17.7 Å². The van der Waals surface area contributed by atoms with E-state index in [2.05, 4.69) is 10.3 Å². The molecule has 1 aromatic heterocycles. The highest BCUT2D eigenvalue weighted by Crippen LogP contribution is 2.40. The summed E-state index contributed by atoms with van der Waals surface area (Å²) in [5.41, 5.74) is 2.05. The highest BCUT2D eigenvalue weighted by Gasteiger charge is 2.34. The fourth-order valence-electron chi connectivity index (χ4n) is 3.60. The lowest BCUT2D eigenvalue weighted by Crippen LogP contribution is -2.17. The molecule has 0 radical (unpaired) electrons. The molecule has 4 aromatic rings. The van der Waals surface area contributed by atoms with Crippen molar-refractivity contribution in [3.05, 3.63) is 77.9 Å². The third kappa shape index (κ3) is 5.20. The lowest BCUT2D eigenvalue weighted by Gasteiger charge is -2.19. The molecule has 0 aliphatic heterocycles. The number of carboxylic acids is 1.